The predicted molar refractivity (Wildman–Crippen MR) is 116 cm³/mol. The number of carbonyl (C=O) groups is 2. The number of hydrogen-bond donors (Lipinski definition) is 2. The molecule has 0 unspecified atom stereocenters. The van der Waals surface area contributed by atoms with Gasteiger partial charge >= 0.3 is 5.97 Å². The molecule has 2 N–H and O–H groups in total. The SMILES string of the molecule is CC(C)CCNC(=O)COC(=O)c1ccccc1NS(=O)(=O)c1cc(Cl)ccc1Cl. The van der Waals surface area contributed by atoms with E-state index >= 15 is 0 Å². The molecule has 0 heterocycles. The highest BCUT2D eigenvalue weighted by Gasteiger charge is 2.22. The summed E-state index contributed by atoms with van der Waals surface area (Å²) in [6.45, 7) is 4.06. The number of sulfonamides is 1. The maximum absolute atomic E-state index is 12.7. The van der Waals surface area contributed by atoms with Gasteiger partial charge in [0.1, 0.15) is 4.90 Å². The Labute approximate surface area is 185 Å². The van der Waals surface area contributed by atoms with Gasteiger partial charge in [-0.15, -0.1) is 0 Å². The van der Waals surface area contributed by atoms with Gasteiger partial charge in [-0.3, -0.25) is 9.52 Å². The minimum absolute atomic E-state index is 0.0150. The van der Waals surface area contributed by atoms with Gasteiger partial charge < -0.3 is 10.1 Å². The molecule has 0 saturated heterocycles. The van der Waals surface area contributed by atoms with Gasteiger partial charge in [0.15, 0.2) is 6.61 Å². The molecule has 1 amide bonds. The molecular weight excluding hydrogens is 451 g/mol. The normalized spacial score (nSPS) is 11.2. The third-order valence-corrected chi connectivity index (χ3v) is 6.03. The molecule has 0 aliphatic heterocycles. The lowest BCUT2D eigenvalue weighted by Crippen LogP contribution is -2.30. The zero-order valence-electron chi connectivity index (χ0n) is 16.4. The van der Waals surface area contributed by atoms with Crippen molar-refractivity contribution in [3.63, 3.8) is 0 Å². The van der Waals surface area contributed by atoms with E-state index in [1.54, 1.807) is 12.1 Å². The molecule has 10 heteroatoms. The second-order valence-electron chi connectivity index (χ2n) is 6.83. The number of esters is 1. The fourth-order valence-corrected chi connectivity index (χ4v) is 4.24. The molecule has 0 saturated carbocycles. The Hall–Kier alpha value is -2.29. The summed E-state index contributed by atoms with van der Waals surface area (Å²) >= 11 is 11.9. The van der Waals surface area contributed by atoms with Gasteiger partial charge in [0.2, 0.25) is 0 Å². The number of carbonyl (C=O) groups excluding carboxylic acids is 2. The Morgan fingerprint density at radius 2 is 1.80 bits per heavy atom. The van der Waals surface area contributed by atoms with Gasteiger partial charge in [-0.2, -0.15) is 0 Å². The summed E-state index contributed by atoms with van der Waals surface area (Å²) in [5.74, 6) is -0.849. The molecule has 0 aliphatic rings. The first-order chi connectivity index (χ1) is 14.1. The van der Waals surface area contributed by atoms with Crippen LogP contribution in [0.5, 0.6) is 0 Å². The van der Waals surface area contributed by atoms with E-state index in [9.17, 15) is 18.0 Å². The van der Waals surface area contributed by atoms with Crippen LogP contribution in [0.2, 0.25) is 10.0 Å². The highest BCUT2D eigenvalue weighted by atomic mass is 35.5. The van der Waals surface area contributed by atoms with Crippen LogP contribution in [0.15, 0.2) is 47.4 Å². The molecule has 7 nitrogen and oxygen atoms in total. The summed E-state index contributed by atoms with van der Waals surface area (Å²) in [5, 5.41) is 2.82. The van der Waals surface area contributed by atoms with E-state index in [1.807, 2.05) is 13.8 Å². The Balaban J connectivity index is 2.11. The number of ether oxygens (including phenoxy) is 1. The second kappa shape index (κ2) is 10.7. The molecule has 0 aliphatic carbocycles. The van der Waals surface area contributed by atoms with Gasteiger partial charge in [-0.1, -0.05) is 49.2 Å². The topological polar surface area (TPSA) is 102 Å². The van der Waals surface area contributed by atoms with E-state index in [4.69, 9.17) is 27.9 Å². The highest BCUT2D eigenvalue weighted by Crippen LogP contribution is 2.28. The fraction of sp³-hybridized carbons (Fsp3) is 0.300. The summed E-state index contributed by atoms with van der Waals surface area (Å²) < 4.78 is 32.8. The molecular formula is C20H22Cl2N2O5S. The summed E-state index contributed by atoms with van der Waals surface area (Å²) in [5.41, 5.74) is -0.0621. The smallest absolute Gasteiger partial charge is 0.340 e. The van der Waals surface area contributed by atoms with Crippen LogP contribution in [0, 0.1) is 5.92 Å². The minimum atomic E-state index is -4.13. The zero-order valence-corrected chi connectivity index (χ0v) is 18.8. The summed E-state index contributed by atoms with van der Waals surface area (Å²) in [7, 11) is -4.13. The van der Waals surface area contributed by atoms with Crippen molar-refractivity contribution in [2.45, 2.75) is 25.2 Å². The van der Waals surface area contributed by atoms with Crippen molar-refractivity contribution in [3.8, 4) is 0 Å². The second-order valence-corrected chi connectivity index (χ2v) is 9.33. The third-order valence-electron chi connectivity index (χ3n) is 3.95. The zero-order chi connectivity index (χ0) is 22.3. The number of hydrogen-bond acceptors (Lipinski definition) is 5. The molecule has 2 rings (SSSR count). The molecule has 2 aromatic rings. The molecule has 0 aromatic heterocycles. The maximum atomic E-state index is 12.7. The standard InChI is InChI=1S/C20H22Cl2N2O5S/c1-13(2)9-10-23-19(25)12-29-20(26)15-5-3-4-6-17(15)24-30(27,28)18-11-14(21)7-8-16(18)22/h3-8,11,13,24H,9-10,12H2,1-2H3,(H,23,25). The van der Waals surface area contributed by atoms with Crippen LogP contribution in [0.3, 0.4) is 0 Å². The van der Waals surface area contributed by atoms with E-state index in [2.05, 4.69) is 10.0 Å². The van der Waals surface area contributed by atoms with E-state index in [1.165, 1.54) is 30.3 Å². The number of benzene rings is 2. The van der Waals surface area contributed by atoms with Crippen LogP contribution in [-0.4, -0.2) is 33.4 Å². The van der Waals surface area contributed by atoms with Gasteiger partial charge in [0.05, 0.1) is 16.3 Å². The number of rotatable bonds is 9. The van der Waals surface area contributed by atoms with Crippen molar-refractivity contribution in [1.29, 1.82) is 0 Å². The summed E-state index contributed by atoms with van der Waals surface area (Å²) in [4.78, 5) is 24.0. The van der Waals surface area contributed by atoms with Gasteiger partial charge in [0.25, 0.3) is 15.9 Å². The lowest BCUT2D eigenvalue weighted by molar-refractivity contribution is -0.124. The van der Waals surface area contributed by atoms with Crippen molar-refractivity contribution >= 4 is 50.8 Å². The lowest BCUT2D eigenvalue weighted by atomic mass is 10.1. The molecule has 0 fully saturated rings. The number of amides is 1. The van der Waals surface area contributed by atoms with Crippen molar-refractivity contribution < 1.29 is 22.7 Å². The monoisotopic (exact) mass is 472 g/mol. The van der Waals surface area contributed by atoms with Crippen molar-refractivity contribution in [2.75, 3.05) is 17.9 Å². The van der Waals surface area contributed by atoms with Crippen molar-refractivity contribution in [1.82, 2.24) is 5.32 Å². The molecule has 0 spiro atoms. The third kappa shape index (κ3) is 6.90. The first-order valence-electron chi connectivity index (χ1n) is 9.11. The van der Waals surface area contributed by atoms with E-state index in [-0.39, 0.29) is 26.2 Å². The fourth-order valence-electron chi connectivity index (χ4n) is 2.39. The van der Waals surface area contributed by atoms with Gasteiger partial charge in [0, 0.05) is 11.6 Å². The number of anilines is 1. The first kappa shape index (κ1) is 24.0. The number of halogens is 2. The van der Waals surface area contributed by atoms with Crippen LogP contribution in [0.4, 0.5) is 5.69 Å². The van der Waals surface area contributed by atoms with Crippen LogP contribution < -0.4 is 10.0 Å². The van der Waals surface area contributed by atoms with Gasteiger partial charge in [-0.25, -0.2) is 13.2 Å². The first-order valence-corrected chi connectivity index (χ1v) is 11.3. The minimum Gasteiger partial charge on any atom is -0.452 e. The van der Waals surface area contributed by atoms with Gasteiger partial charge in [-0.05, 0) is 42.7 Å². The molecule has 0 atom stereocenters. The highest BCUT2D eigenvalue weighted by molar-refractivity contribution is 7.92. The summed E-state index contributed by atoms with van der Waals surface area (Å²) in [6, 6.07) is 9.90. The van der Waals surface area contributed by atoms with E-state index < -0.39 is 28.5 Å². The van der Waals surface area contributed by atoms with E-state index in [0.717, 1.165) is 6.42 Å². The van der Waals surface area contributed by atoms with Crippen molar-refractivity contribution in [3.05, 3.63) is 58.1 Å². The van der Waals surface area contributed by atoms with Crippen molar-refractivity contribution in [2.24, 2.45) is 5.92 Å². The Morgan fingerprint density at radius 3 is 2.50 bits per heavy atom. The average Bonchev–Trinajstić information content (AvgIpc) is 2.67. The van der Waals surface area contributed by atoms with Crippen LogP contribution in [0.25, 0.3) is 0 Å². The molecule has 0 bridgehead atoms. The quantitative estimate of drug-likeness (QED) is 0.534. The molecule has 162 valence electrons. The Kier molecular flexibility index (Phi) is 8.52. The lowest BCUT2D eigenvalue weighted by Gasteiger charge is -2.13. The van der Waals surface area contributed by atoms with Crippen LogP contribution in [-0.2, 0) is 19.6 Å². The average molecular weight is 473 g/mol. The Bertz CT molecular complexity index is 1030. The molecule has 30 heavy (non-hydrogen) atoms. The van der Waals surface area contributed by atoms with Crippen LogP contribution in [0.1, 0.15) is 30.6 Å². The maximum Gasteiger partial charge on any atom is 0.340 e. The number of nitrogens with one attached hydrogen (secondary N) is 2. The van der Waals surface area contributed by atoms with E-state index in [0.29, 0.717) is 12.5 Å². The number of para-hydroxylation sites is 1. The van der Waals surface area contributed by atoms with Crippen LogP contribution >= 0.6 is 23.2 Å². The predicted octanol–water partition coefficient (Wildman–Crippen LogP) is 4.11. The molecule has 2 aromatic carbocycles. The molecule has 0 radical (unpaired) electrons. The Morgan fingerprint density at radius 1 is 1.10 bits per heavy atom. The largest absolute Gasteiger partial charge is 0.452 e. The summed E-state index contributed by atoms with van der Waals surface area (Å²) in [6.07, 6.45) is 0.802.